The molecule has 0 heterocycles. The van der Waals surface area contributed by atoms with Crippen molar-refractivity contribution >= 4 is 11.6 Å². The number of fused-ring (bicyclic) bond motifs is 5. The van der Waals surface area contributed by atoms with E-state index in [2.05, 4.69) is 13.5 Å². The Bertz CT molecular complexity index is 748. The minimum atomic E-state index is -1.33. The SMILES string of the molecule is C=C1C[C@@H]2[C@H](CC[C@]3(C)C(=O)[C@H](F)C[C@@H]23)[C@@]2(C)C=CC(=O)C(OC)=C12. The Morgan fingerprint density at radius 1 is 1.28 bits per heavy atom. The summed E-state index contributed by atoms with van der Waals surface area (Å²) in [5.74, 6) is 0.628. The van der Waals surface area contributed by atoms with Crippen LogP contribution in [0, 0.1) is 28.6 Å². The Morgan fingerprint density at radius 3 is 2.68 bits per heavy atom. The molecule has 4 aliphatic carbocycles. The lowest BCUT2D eigenvalue weighted by Gasteiger charge is -2.56. The van der Waals surface area contributed by atoms with Crippen molar-refractivity contribution in [1.82, 2.24) is 0 Å². The number of carbonyl (C=O) groups excluding carboxylic acids is 2. The molecule has 0 bridgehead atoms. The van der Waals surface area contributed by atoms with E-state index in [4.69, 9.17) is 4.74 Å². The molecular formula is C21H25FO3. The first kappa shape index (κ1) is 16.7. The Kier molecular flexibility index (Phi) is 3.45. The molecule has 0 aromatic heterocycles. The van der Waals surface area contributed by atoms with Crippen molar-refractivity contribution in [1.29, 1.82) is 0 Å². The van der Waals surface area contributed by atoms with Gasteiger partial charge in [-0.15, -0.1) is 0 Å². The molecule has 3 saturated carbocycles. The van der Waals surface area contributed by atoms with Gasteiger partial charge in [0.2, 0.25) is 5.78 Å². The number of Topliss-reactive ketones (excluding diaryl/α,β-unsaturated/α-hetero) is 1. The number of hydrogen-bond acceptors (Lipinski definition) is 3. The fourth-order valence-corrected chi connectivity index (χ4v) is 6.28. The summed E-state index contributed by atoms with van der Waals surface area (Å²) in [4.78, 5) is 24.7. The smallest absolute Gasteiger partial charge is 0.220 e. The molecule has 0 aromatic rings. The van der Waals surface area contributed by atoms with Crippen molar-refractivity contribution < 1.29 is 18.7 Å². The van der Waals surface area contributed by atoms with Gasteiger partial charge >= 0.3 is 0 Å². The zero-order valence-corrected chi connectivity index (χ0v) is 15.1. The molecule has 4 heteroatoms. The summed E-state index contributed by atoms with van der Waals surface area (Å²) in [6.45, 7) is 8.33. The van der Waals surface area contributed by atoms with Gasteiger partial charge < -0.3 is 4.74 Å². The van der Waals surface area contributed by atoms with Crippen LogP contribution in [0.2, 0.25) is 0 Å². The lowest BCUT2D eigenvalue weighted by atomic mass is 9.47. The normalized spacial score (nSPS) is 46.0. The Labute approximate surface area is 148 Å². The van der Waals surface area contributed by atoms with Gasteiger partial charge in [-0.1, -0.05) is 26.5 Å². The second-order valence-electron chi connectivity index (χ2n) is 8.60. The van der Waals surface area contributed by atoms with Crippen LogP contribution in [0.15, 0.2) is 35.6 Å². The molecule has 0 radical (unpaired) electrons. The van der Waals surface area contributed by atoms with Crippen molar-refractivity contribution in [2.45, 2.75) is 45.7 Å². The molecule has 0 N–H and O–H groups in total. The number of halogens is 1. The van der Waals surface area contributed by atoms with Crippen molar-refractivity contribution in [3.63, 3.8) is 0 Å². The fourth-order valence-electron chi connectivity index (χ4n) is 6.28. The Hall–Kier alpha value is -1.71. The predicted octanol–water partition coefficient (Wildman–Crippen LogP) is 3.95. The van der Waals surface area contributed by atoms with Gasteiger partial charge in [-0.05, 0) is 55.1 Å². The van der Waals surface area contributed by atoms with Crippen LogP contribution in [0.1, 0.15) is 39.5 Å². The zero-order valence-electron chi connectivity index (χ0n) is 15.1. The van der Waals surface area contributed by atoms with Gasteiger partial charge in [0, 0.05) is 16.4 Å². The van der Waals surface area contributed by atoms with Gasteiger partial charge in [0.05, 0.1) is 7.11 Å². The van der Waals surface area contributed by atoms with Gasteiger partial charge in [-0.3, -0.25) is 9.59 Å². The summed E-state index contributed by atoms with van der Waals surface area (Å²) < 4.78 is 19.7. The van der Waals surface area contributed by atoms with Crippen molar-refractivity contribution in [2.24, 2.45) is 28.6 Å². The number of alkyl halides is 1. The summed E-state index contributed by atoms with van der Waals surface area (Å²) in [7, 11) is 1.53. The fraction of sp³-hybridized carbons (Fsp3) is 0.619. The highest BCUT2D eigenvalue weighted by Gasteiger charge is 2.62. The van der Waals surface area contributed by atoms with Crippen LogP contribution >= 0.6 is 0 Å². The summed E-state index contributed by atoms with van der Waals surface area (Å²) in [6, 6.07) is 0. The van der Waals surface area contributed by atoms with Gasteiger partial charge in [0.1, 0.15) is 0 Å². The van der Waals surface area contributed by atoms with E-state index in [0.717, 1.165) is 24.0 Å². The van der Waals surface area contributed by atoms with E-state index < -0.39 is 11.6 Å². The number of hydrogen-bond donors (Lipinski definition) is 0. The molecular weight excluding hydrogens is 319 g/mol. The molecule has 0 aliphatic heterocycles. The van der Waals surface area contributed by atoms with Crippen molar-refractivity contribution in [3.05, 3.63) is 35.6 Å². The topological polar surface area (TPSA) is 43.4 Å². The van der Waals surface area contributed by atoms with Crippen LogP contribution in [-0.2, 0) is 14.3 Å². The third kappa shape index (κ3) is 1.97. The molecule has 6 atom stereocenters. The van der Waals surface area contributed by atoms with Crippen molar-refractivity contribution in [2.75, 3.05) is 7.11 Å². The van der Waals surface area contributed by atoms with E-state index in [1.165, 1.54) is 7.11 Å². The molecule has 134 valence electrons. The van der Waals surface area contributed by atoms with Crippen molar-refractivity contribution in [3.8, 4) is 0 Å². The number of ether oxygens (including phenoxy) is 1. The van der Waals surface area contributed by atoms with Crippen LogP contribution in [0.25, 0.3) is 0 Å². The third-order valence-electron chi connectivity index (χ3n) is 7.52. The standard InChI is InChI=1S/C21H25FO3/c1-11-9-12-13(5-7-21(3)14(12)10-15(22)19(21)24)20(2)8-6-16(23)18(25-4)17(11)20/h6,8,12-15H,1,5,7,9-10H2,2-4H3/t12-,13+,14+,15-,20-,21+/m1/s1. The molecule has 25 heavy (non-hydrogen) atoms. The quantitative estimate of drug-likeness (QED) is 0.723. The second-order valence-corrected chi connectivity index (χ2v) is 8.60. The third-order valence-corrected chi connectivity index (χ3v) is 7.52. The molecule has 0 amide bonds. The van der Waals surface area contributed by atoms with Gasteiger partial charge in [-0.25, -0.2) is 4.39 Å². The van der Waals surface area contributed by atoms with Crippen LogP contribution in [0.3, 0.4) is 0 Å². The molecule has 4 rings (SSSR count). The first-order chi connectivity index (χ1) is 11.7. The van der Waals surface area contributed by atoms with Crippen LogP contribution in [0.5, 0.6) is 0 Å². The predicted molar refractivity (Wildman–Crippen MR) is 92.4 cm³/mol. The molecule has 0 unspecified atom stereocenters. The van der Waals surface area contributed by atoms with Crippen LogP contribution < -0.4 is 0 Å². The number of ketones is 2. The van der Waals surface area contributed by atoms with E-state index in [1.54, 1.807) is 6.08 Å². The van der Waals surface area contributed by atoms with Gasteiger partial charge in [0.25, 0.3) is 0 Å². The molecule has 4 aliphatic rings. The Balaban J connectivity index is 1.81. The highest BCUT2D eigenvalue weighted by molar-refractivity contribution is 6.05. The van der Waals surface area contributed by atoms with E-state index >= 15 is 0 Å². The first-order valence-electron chi connectivity index (χ1n) is 9.13. The van der Waals surface area contributed by atoms with Gasteiger partial charge in [-0.2, -0.15) is 0 Å². The number of methoxy groups -OCH3 is 1. The van der Waals surface area contributed by atoms with E-state index in [1.807, 2.05) is 13.0 Å². The average molecular weight is 344 g/mol. The largest absolute Gasteiger partial charge is 0.492 e. The summed E-state index contributed by atoms with van der Waals surface area (Å²) >= 11 is 0. The average Bonchev–Trinajstić information content (AvgIpc) is 2.80. The highest BCUT2D eigenvalue weighted by atomic mass is 19.1. The van der Waals surface area contributed by atoms with Gasteiger partial charge in [0.15, 0.2) is 17.7 Å². The first-order valence-corrected chi connectivity index (χ1v) is 9.13. The Morgan fingerprint density at radius 2 is 2.00 bits per heavy atom. The molecule has 0 spiro atoms. The minimum absolute atomic E-state index is 0.0564. The summed E-state index contributed by atoms with van der Waals surface area (Å²) in [5, 5.41) is 0. The highest BCUT2D eigenvalue weighted by Crippen LogP contribution is 2.65. The number of allylic oxidation sites excluding steroid dienone is 4. The minimum Gasteiger partial charge on any atom is -0.492 e. The van der Waals surface area contributed by atoms with E-state index in [9.17, 15) is 14.0 Å². The molecule has 0 saturated heterocycles. The summed E-state index contributed by atoms with van der Waals surface area (Å²) in [5.41, 5.74) is 0.931. The molecule has 3 nitrogen and oxygen atoms in total. The maximum absolute atomic E-state index is 14.3. The number of rotatable bonds is 1. The second kappa shape index (κ2) is 5.15. The summed E-state index contributed by atoms with van der Waals surface area (Å²) in [6.07, 6.45) is 4.88. The van der Waals surface area contributed by atoms with E-state index in [-0.39, 0.29) is 34.7 Å². The molecule has 0 aromatic carbocycles. The monoisotopic (exact) mass is 344 g/mol. The van der Waals surface area contributed by atoms with Crippen LogP contribution in [0.4, 0.5) is 4.39 Å². The maximum atomic E-state index is 14.3. The maximum Gasteiger partial charge on any atom is 0.220 e. The number of carbonyl (C=O) groups is 2. The lowest BCUT2D eigenvalue weighted by molar-refractivity contribution is -0.134. The zero-order chi connectivity index (χ0) is 18.1. The lowest BCUT2D eigenvalue weighted by Crippen LogP contribution is -2.50. The molecule has 3 fully saturated rings. The van der Waals surface area contributed by atoms with E-state index in [0.29, 0.717) is 18.6 Å². The van der Waals surface area contributed by atoms with Crippen LogP contribution in [-0.4, -0.2) is 24.8 Å².